The van der Waals surface area contributed by atoms with E-state index in [1.807, 2.05) is 5.32 Å². The Bertz CT molecular complexity index is 980. The molecule has 0 aromatic heterocycles. The summed E-state index contributed by atoms with van der Waals surface area (Å²) in [7, 11) is 0. The summed E-state index contributed by atoms with van der Waals surface area (Å²) in [5.41, 5.74) is -1.04. The van der Waals surface area contributed by atoms with Gasteiger partial charge in [-0.15, -0.1) is 0 Å². The number of ether oxygens (including phenoxy) is 2. The van der Waals surface area contributed by atoms with E-state index in [9.17, 15) is 31.9 Å². The molecule has 4 rings (SSSR count). The molecule has 2 amide bonds. The zero-order valence-corrected chi connectivity index (χ0v) is 18.8. The topological polar surface area (TPSA) is 88.2 Å². The highest BCUT2D eigenvalue weighted by Gasteiger charge is 2.61. The lowest BCUT2D eigenvalue weighted by Gasteiger charge is -2.26. The highest BCUT2D eigenvalue weighted by atomic mass is 19.3. The van der Waals surface area contributed by atoms with Crippen molar-refractivity contribution in [3.8, 4) is 0 Å². The second-order valence-electron chi connectivity index (χ2n) is 9.70. The average Bonchev–Trinajstić information content (AvgIpc) is 3.02. The monoisotopic (exact) mass is 487 g/mol. The minimum Gasteiger partial charge on any atom is -0.460 e. The summed E-state index contributed by atoms with van der Waals surface area (Å²) < 4.78 is 65.1. The van der Waals surface area contributed by atoms with Crippen LogP contribution < -0.4 is 15.1 Å². The smallest absolute Gasteiger partial charge is 0.414 e. The molecule has 0 bridgehead atoms. The number of alkyl halides is 2. The lowest BCUT2D eigenvalue weighted by atomic mass is 10.1. The third-order valence-corrected chi connectivity index (χ3v) is 6.14. The number of amides is 2. The van der Waals surface area contributed by atoms with Crippen LogP contribution in [-0.4, -0.2) is 62.3 Å². The van der Waals surface area contributed by atoms with Crippen LogP contribution in [0.4, 0.5) is 33.7 Å². The molecule has 3 aliphatic rings. The summed E-state index contributed by atoms with van der Waals surface area (Å²) in [6.45, 7) is 5.28. The Morgan fingerprint density at radius 3 is 2.29 bits per heavy atom. The predicted molar refractivity (Wildman–Crippen MR) is 112 cm³/mol. The molecule has 0 radical (unpaired) electrons. The molecule has 8 nitrogen and oxygen atoms in total. The van der Waals surface area contributed by atoms with Gasteiger partial charge in [-0.1, -0.05) is 0 Å². The molecular weight excluding hydrogens is 462 g/mol. The number of anilines is 2. The Labute approximate surface area is 193 Å². The van der Waals surface area contributed by atoms with Crippen molar-refractivity contribution in [1.29, 1.82) is 0 Å². The third kappa shape index (κ3) is 4.62. The van der Waals surface area contributed by atoms with Crippen molar-refractivity contribution in [2.75, 3.05) is 36.0 Å². The van der Waals surface area contributed by atoms with E-state index < -0.39 is 41.7 Å². The van der Waals surface area contributed by atoms with E-state index in [1.54, 1.807) is 20.8 Å². The number of benzene rings is 1. The lowest BCUT2D eigenvalue weighted by Crippen LogP contribution is -2.44. The number of piperidine rings is 1. The molecule has 2 heterocycles. The number of carbonyl (C=O) groups is 3. The highest BCUT2D eigenvalue weighted by Crippen LogP contribution is 2.54. The fourth-order valence-corrected chi connectivity index (χ4v) is 4.64. The van der Waals surface area contributed by atoms with Gasteiger partial charge in [-0.05, 0) is 32.6 Å². The van der Waals surface area contributed by atoms with Crippen LogP contribution in [0.2, 0.25) is 0 Å². The average molecular weight is 487 g/mol. The van der Waals surface area contributed by atoms with Crippen molar-refractivity contribution < 1.29 is 41.4 Å². The normalized spacial score (nSPS) is 25.9. The van der Waals surface area contributed by atoms with Crippen molar-refractivity contribution in [3.05, 3.63) is 23.8 Å². The van der Waals surface area contributed by atoms with E-state index in [1.165, 1.54) is 4.90 Å². The zero-order chi connectivity index (χ0) is 24.9. The Balaban J connectivity index is 1.44. The molecule has 2 unspecified atom stereocenters. The van der Waals surface area contributed by atoms with E-state index in [4.69, 9.17) is 9.47 Å². The Morgan fingerprint density at radius 2 is 1.76 bits per heavy atom. The third-order valence-electron chi connectivity index (χ3n) is 6.14. The molecule has 1 aromatic rings. The van der Waals surface area contributed by atoms with Crippen molar-refractivity contribution in [1.82, 2.24) is 5.32 Å². The molecule has 3 fully saturated rings. The van der Waals surface area contributed by atoms with Crippen LogP contribution in [0.1, 0.15) is 20.8 Å². The summed E-state index contributed by atoms with van der Waals surface area (Å²) in [5.74, 6) is -4.06. The van der Waals surface area contributed by atoms with E-state index in [0.717, 1.165) is 17.0 Å². The standard InChI is InChI=1S/C22H25F4N3O5/c1-22(2,3)34-20(31)16-12-7-28(8-13(12)16)17-14(23)4-10(5-15(17)24)29-11(9-33-21(29)32)6-27-19(30)18(25)26/h4-5,11-13,16,18H,6-9H2,1-3H3,(H,27,30)/t11-,12?,13?,16?/m0/s1. The van der Waals surface area contributed by atoms with Gasteiger partial charge < -0.3 is 19.7 Å². The van der Waals surface area contributed by atoms with Gasteiger partial charge >= 0.3 is 18.5 Å². The molecule has 34 heavy (non-hydrogen) atoms. The minimum atomic E-state index is -3.23. The molecule has 2 saturated heterocycles. The number of cyclic esters (lactones) is 1. The Morgan fingerprint density at radius 1 is 1.18 bits per heavy atom. The van der Waals surface area contributed by atoms with Crippen LogP contribution >= 0.6 is 0 Å². The fraction of sp³-hybridized carbons (Fsp3) is 0.591. The van der Waals surface area contributed by atoms with Crippen molar-refractivity contribution in [2.24, 2.45) is 17.8 Å². The largest absolute Gasteiger partial charge is 0.460 e. The van der Waals surface area contributed by atoms with Crippen molar-refractivity contribution in [3.63, 3.8) is 0 Å². The molecule has 1 aromatic carbocycles. The van der Waals surface area contributed by atoms with E-state index in [2.05, 4.69) is 0 Å². The summed E-state index contributed by atoms with van der Waals surface area (Å²) in [4.78, 5) is 38.0. The molecule has 2 aliphatic heterocycles. The van der Waals surface area contributed by atoms with Crippen LogP contribution in [0.3, 0.4) is 0 Å². The van der Waals surface area contributed by atoms with Crippen molar-refractivity contribution >= 4 is 29.3 Å². The number of esters is 1. The van der Waals surface area contributed by atoms with Crippen LogP contribution in [0.5, 0.6) is 0 Å². The first-order valence-electron chi connectivity index (χ1n) is 10.9. The number of carbonyl (C=O) groups excluding carboxylic acids is 3. The van der Waals surface area contributed by atoms with E-state index >= 15 is 0 Å². The molecule has 186 valence electrons. The van der Waals surface area contributed by atoms with Gasteiger partial charge in [0.15, 0.2) is 11.6 Å². The van der Waals surface area contributed by atoms with Gasteiger partial charge in [-0.25, -0.2) is 13.6 Å². The molecule has 12 heteroatoms. The van der Waals surface area contributed by atoms with Crippen LogP contribution in [-0.2, 0) is 19.1 Å². The predicted octanol–water partition coefficient (Wildman–Crippen LogP) is 2.70. The maximum atomic E-state index is 15.0. The molecule has 1 saturated carbocycles. The molecule has 3 atom stereocenters. The summed E-state index contributed by atoms with van der Waals surface area (Å²) in [5, 5.41) is 1.97. The number of fused-ring (bicyclic) bond motifs is 1. The van der Waals surface area contributed by atoms with E-state index in [-0.39, 0.29) is 61.3 Å². The van der Waals surface area contributed by atoms with Gasteiger partial charge in [0, 0.05) is 31.8 Å². The van der Waals surface area contributed by atoms with Gasteiger partial charge in [0.05, 0.1) is 17.6 Å². The van der Waals surface area contributed by atoms with Gasteiger partial charge in [0.25, 0.3) is 5.91 Å². The second kappa shape index (κ2) is 8.62. The SMILES string of the molecule is CC(C)(C)OC(=O)C1C2CN(c3c(F)cc(N4C(=O)OC[C@@H]4CNC(=O)C(F)F)cc3F)CC21. The van der Waals surface area contributed by atoms with Gasteiger partial charge in [-0.2, -0.15) is 8.78 Å². The zero-order valence-electron chi connectivity index (χ0n) is 18.8. The summed E-state index contributed by atoms with van der Waals surface area (Å²) in [6, 6.07) is 1.01. The first-order valence-corrected chi connectivity index (χ1v) is 10.9. The summed E-state index contributed by atoms with van der Waals surface area (Å²) >= 11 is 0. The maximum Gasteiger partial charge on any atom is 0.414 e. The summed E-state index contributed by atoms with van der Waals surface area (Å²) in [6.07, 6.45) is -4.15. The number of hydrogen-bond acceptors (Lipinski definition) is 6. The number of hydrogen-bond donors (Lipinski definition) is 1. The van der Waals surface area contributed by atoms with E-state index in [0.29, 0.717) is 0 Å². The first kappa shape index (κ1) is 24.1. The number of rotatable bonds is 6. The highest BCUT2D eigenvalue weighted by molar-refractivity contribution is 5.91. The second-order valence-corrected chi connectivity index (χ2v) is 9.70. The van der Waals surface area contributed by atoms with Crippen LogP contribution in [0.25, 0.3) is 0 Å². The van der Waals surface area contributed by atoms with Crippen molar-refractivity contribution in [2.45, 2.75) is 38.8 Å². The Kier molecular flexibility index (Phi) is 6.11. The van der Waals surface area contributed by atoms with Gasteiger partial charge in [0.2, 0.25) is 0 Å². The number of nitrogens with zero attached hydrogens (tertiary/aromatic N) is 2. The lowest BCUT2D eigenvalue weighted by molar-refractivity contribution is -0.157. The minimum absolute atomic E-state index is 0.0512. The number of nitrogens with one attached hydrogen (secondary N) is 1. The molecule has 1 N–H and O–H groups in total. The molecule has 1 aliphatic carbocycles. The van der Waals surface area contributed by atoms with Gasteiger partial charge in [-0.3, -0.25) is 14.5 Å². The quantitative estimate of drug-likeness (QED) is 0.491. The first-order chi connectivity index (χ1) is 15.9. The van der Waals surface area contributed by atoms with Gasteiger partial charge in [0.1, 0.15) is 17.9 Å². The van der Waals surface area contributed by atoms with Crippen LogP contribution in [0, 0.1) is 29.4 Å². The molecular formula is C22H25F4N3O5. The fourth-order valence-electron chi connectivity index (χ4n) is 4.64. The Hall–Kier alpha value is -3.05. The molecule has 0 spiro atoms. The van der Waals surface area contributed by atoms with Crippen LogP contribution in [0.15, 0.2) is 12.1 Å². The number of halogens is 4. The maximum absolute atomic E-state index is 15.0.